The molecule has 0 saturated carbocycles. The zero-order valence-corrected chi connectivity index (χ0v) is 15.1. The predicted molar refractivity (Wildman–Crippen MR) is 97.2 cm³/mol. The number of carbonyl (C=O) groups is 2. The van der Waals surface area contributed by atoms with Crippen molar-refractivity contribution >= 4 is 29.2 Å². The van der Waals surface area contributed by atoms with Crippen molar-refractivity contribution in [3.05, 3.63) is 58.1 Å². The van der Waals surface area contributed by atoms with Crippen LogP contribution >= 0.6 is 11.6 Å². The van der Waals surface area contributed by atoms with E-state index in [9.17, 15) is 9.59 Å². The Morgan fingerprint density at radius 1 is 1.04 bits per heavy atom. The molecule has 5 nitrogen and oxygen atoms in total. The normalized spacial score (nSPS) is 10.2. The molecule has 6 heteroatoms. The van der Waals surface area contributed by atoms with Gasteiger partial charge in [0.2, 0.25) is 0 Å². The fraction of sp³-hybridized carbons (Fsp3) is 0.263. The Morgan fingerprint density at radius 3 is 2.52 bits per heavy atom. The molecule has 25 heavy (non-hydrogen) atoms. The SMILES string of the molecule is Cc1cc(Cl)ccc1OCC(=O)OCC(=O)Nc1cccc(C)c1C. The fourth-order valence-corrected chi connectivity index (χ4v) is 2.40. The highest BCUT2D eigenvalue weighted by Crippen LogP contribution is 2.21. The maximum Gasteiger partial charge on any atom is 0.344 e. The summed E-state index contributed by atoms with van der Waals surface area (Å²) >= 11 is 5.86. The van der Waals surface area contributed by atoms with Gasteiger partial charge in [0.15, 0.2) is 13.2 Å². The van der Waals surface area contributed by atoms with Gasteiger partial charge in [0, 0.05) is 10.7 Å². The molecule has 0 aliphatic heterocycles. The van der Waals surface area contributed by atoms with E-state index in [-0.39, 0.29) is 13.2 Å². The average Bonchev–Trinajstić information content (AvgIpc) is 2.56. The van der Waals surface area contributed by atoms with Gasteiger partial charge in [-0.05, 0) is 61.7 Å². The molecule has 2 rings (SSSR count). The lowest BCUT2D eigenvalue weighted by Gasteiger charge is -2.11. The molecule has 0 aromatic heterocycles. The number of carbonyl (C=O) groups excluding carboxylic acids is 2. The van der Waals surface area contributed by atoms with Crippen molar-refractivity contribution < 1.29 is 19.1 Å². The van der Waals surface area contributed by atoms with Crippen LogP contribution < -0.4 is 10.1 Å². The highest BCUT2D eigenvalue weighted by Gasteiger charge is 2.11. The Kier molecular flexibility index (Phi) is 6.42. The van der Waals surface area contributed by atoms with Crippen molar-refractivity contribution in [1.82, 2.24) is 0 Å². The van der Waals surface area contributed by atoms with Crippen LogP contribution in [0.15, 0.2) is 36.4 Å². The van der Waals surface area contributed by atoms with Crippen LogP contribution in [0.3, 0.4) is 0 Å². The summed E-state index contributed by atoms with van der Waals surface area (Å²) in [5.74, 6) is -0.476. The van der Waals surface area contributed by atoms with Crippen LogP contribution in [0, 0.1) is 20.8 Å². The molecular formula is C19H20ClNO4. The molecule has 2 aromatic carbocycles. The van der Waals surface area contributed by atoms with Gasteiger partial charge in [-0.1, -0.05) is 23.7 Å². The first-order valence-corrected chi connectivity index (χ1v) is 8.15. The number of aryl methyl sites for hydroxylation is 2. The van der Waals surface area contributed by atoms with E-state index in [2.05, 4.69) is 5.32 Å². The third-order valence-electron chi connectivity index (χ3n) is 3.73. The van der Waals surface area contributed by atoms with Gasteiger partial charge in [0.1, 0.15) is 5.75 Å². The number of ether oxygens (including phenoxy) is 2. The summed E-state index contributed by atoms with van der Waals surface area (Å²) in [4.78, 5) is 23.6. The summed E-state index contributed by atoms with van der Waals surface area (Å²) in [7, 11) is 0. The van der Waals surface area contributed by atoms with Gasteiger partial charge in [-0.25, -0.2) is 4.79 Å². The third kappa shape index (κ3) is 5.50. The molecule has 0 unspecified atom stereocenters. The fourth-order valence-electron chi connectivity index (χ4n) is 2.17. The number of hydrogen-bond acceptors (Lipinski definition) is 4. The van der Waals surface area contributed by atoms with E-state index in [1.54, 1.807) is 24.3 Å². The first kappa shape index (κ1) is 18.8. The van der Waals surface area contributed by atoms with E-state index in [1.165, 1.54) is 0 Å². The Labute approximate surface area is 151 Å². The van der Waals surface area contributed by atoms with Crippen molar-refractivity contribution in [2.24, 2.45) is 0 Å². The molecule has 2 aromatic rings. The minimum absolute atomic E-state index is 0.279. The maximum absolute atomic E-state index is 11.9. The lowest BCUT2D eigenvalue weighted by atomic mass is 10.1. The van der Waals surface area contributed by atoms with Crippen LogP contribution in [0.25, 0.3) is 0 Å². The van der Waals surface area contributed by atoms with Crippen molar-refractivity contribution in [2.45, 2.75) is 20.8 Å². The standard InChI is InChI=1S/C19H20ClNO4/c1-12-5-4-6-16(14(12)3)21-18(22)10-25-19(23)11-24-17-8-7-15(20)9-13(17)2/h4-9H,10-11H2,1-3H3,(H,21,22). The van der Waals surface area contributed by atoms with Gasteiger partial charge in [-0.3, -0.25) is 4.79 Å². The van der Waals surface area contributed by atoms with E-state index in [0.29, 0.717) is 16.5 Å². The second-order valence-electron chi connectivity index (χ2n) is 5.65. The lowest BCUT2D eigenvalue weighted by molar-refractivity contribution is -0.149. The average molecular weight is 362 g/mol. The molecule has 0 fully saturated rings. The summed E-state index contributed by atoms with van der Waals surface area (Å²) in [5.41, 5.74) is 3.56. The van der Waals surface area contributed by atoms with Crippen molar-refractivity contribution in [1.29, 1.82) is 0 Å². The van der Waals surface area contributed by atoms with E-state index < -0.39 is 11.9 Å². The largest absolute Gasteiger partial charge is 0.482 e. The van der Waals surface area contributed by atoms with E-state index in [1.807, 2.05) is 32.9 Å². The first-order chi connectivity index (χ1) is 11.9. The minimum Gasteiger partial charge on any atom is -0.482 e. The molecule has 0 spiro atoms. The highest BCUT2D eigenvalue weighted by molar-refractivity contribution is 6.30. The van der Waals surface area contributed by atoms with Gasteiger partial charge >= 0.3 is 5.97 Å². The predicted octanol–water partition coefficient (Wildman–Crippen LogP) is 3.83. The van der Waals surface area contributed by atoms with Crippen molar-refractivity contribution in [2.75, 3.05) is 18.5 Å². The molecule has 0 radical (unpaired) electrons. The monoisotopic (exact) mass is 361 g/mol. The van der Waals surface area contributed by atoms with Crippen LogP contribution in [-0.2, 0) is 14.3 Å². The van der Waals surface area contributed by atoms with Crippen molar-refractivity contribution in [3.63, 3.8) is 0 Å². The van der Waals surface area contributed by atoms with Gasteiger partial charge in [-0.2, -0.15) is 0 Å². The lowest BCUT2D eigenvalue weighted by Crippen LogP contribution is -2.24. The van der Waals surface area contributed by atoms with Crippen molar-refractivity contribution in [3.8, 4) is 5.75 Å². The number of esters is 1. The molecule has 0 saturated heterocycles. The Bertz CT molecular complexity index is 789. The maximum atomic E-state index is 11.9. The molecule has 0 bridgehead atoms. The zero-order chi connectivity index (χ0) is 18.4. The zero-order valence-electron chi connectivity index (χ0n) is 14.4. The second-order valence-corrected chi connectivity index (χ2v) is 6.09. The van der Waals surface area contributed by atoms with Gasteiger partial charge < -0.3 is 14.8 Å². The number of hydrogen-bond donors (Lipinski definition) is 1. The molecule has 0 aliphatic rings. The number of nitrogens with one attached hydrogen (secondary N) is 1. The summed E-state index contributed by atoms with van der Waals surface area (Å²) < 4.78 is 10.3. The quantitative estimate of drug-likeness (QED) is 0.794. The van der Waals surface area contributed by atoms with Gasteiger partial charge in [0.25, 0.3) is 5.91 Å². The van der Waals surface area contributed by atoms with Crippen LogP contribution in [0.2, 0.25) is 5.02 Å². The minimum atomic E-state index is -0.620. The molecule has 0 aliphatic carbocycles. The second kappa shape index (κ2) is 8.53. The molecule has 0 atom stereocenters. The van der Waals surface area contributed by atoms with Gasteiger partial charge in [0.05, 0.1) is 0 Å². The smallest absolute Gasteiger partial charge is 0.344 e. The molecule has 132 valence electrons. The van der Waals surface area contributed by atoms with E-state index in [4.69, 9.17) is 21.1 Å². The Hall–Kier alpha value is -2.53. The third-order valence-corrected chi connectivity index (χ3v) is 3.96. The topological polar surface area (TPSA) is 64.6 Å². The summed E-state index contributed by atoms with van der Waals surface area (Å²) in [6.07, 6.45) is 0. The number of rotatable bonds is 6. The number of anilines is 1. The van der Waals surface area contributed by atoms with Crippen LogP contribution in [0.1, 0.15) is 16.7 Å². The number of amides is 1. The molecule has 0 heterocycles. The Morgan fingerprint density at radius 2 is 1.80 bits per heavy atom. The van der Waals surface area contributed by atoms with Crippen LogP contribution in [-0.4, -0.2) is 25.1 Å². The molecule has 1 amide bonds. The highest BCUT2D eigenvalue weighted by atomic mass is 35.5. The summed E-state index contributed by atoms with van der Waals surface area (Å²) in [6.45, 7) is 5.05. The number of benzene rings is 2. The first-order valence-electron chi connectivity index (χ1n) is 7.77. The summed E-state index contributed by atoms with van der Waals surface area (Å²) in [6, 6.07) is 10.7. The Balaban J connectivity index is 1.79. The number of halogens is 1. The van der Waals surface area contributed by atoms with Gasteiger partial charge in [-0.15, -0.1) is 0 Å². The van der Waals surface area contributed by atoms with E-state index in [0.717, 1.165) is 16.7 Å². The molecular weight excluding hydrogens is 342 g/mol. The van der Waals surface area contributed by atoms with E-state index >= 15 is 0 Å². The van der Waals surface area contributed by atoms with Crippen LogP contribution in [0.4, 0.5) is 5.69 Å². The van der Waals surface area contributed by atoms with Crippen LogP contribution in [0.5, 0.6) is 5.75 Å². The molecule has 1 N–H and O–H groups in total. The summed E-state index contributed by atoms with van der Waals surface area (Å²) in [5, 5.41) is 3.32.